The Hall–Kier alpha value is -0.440. The van der Waals surface area contributed by atoms with Crippen molar-refractivity contribution in [3.8, 4) is 0 Å². The van der Waals surface area contributed by atoms with Crippen molar-refractivity contribution in [3.05, 3.63) is 12.2 Å². The molecule has 0 aromatic rings. The molecule has 0 saturated heterocycles. The Bertz CT molecular complexity index is 182. The summed E-state index contributed by atoms with van der Waals surface area (Å²) in [6.07, 6.45) is 3.67. The summed E-state index contributed by atoms with van der Waals surface area (Å²) in [5.41, 5.74) is 0. The second-order valence-corrected chi connectivity index (χ2v) is 4.01. The molecule has 1 aliphatic carbocycles. The van der Waals surface area contributed by atoms with Crippen molar-refractivity contribution in [2.24, 2.45) is 11.8 Å². The molecule has 1 aliphatic rings. The number of halogens is 2. The molecule has 1 fully saturated rings. The molecule has 1 rings (SSSR count). The molecule has 4 atom stereocenters. The largest absolute Gasteiger partial charge is 0.412 e. The third-order valence-electron chi connectivity index (χ3n) is 2.97. The molecule has 0 aliphatic heterocycles. The average molecular weight is 222 g/mol. The average Bonchev–Trinajstić information content (AvgIpc) is 2.13. The van der Waals surface area contributed by atoms with Crippen LogP contribution in [0.5, 0.6) is 0 Å². The predicted molar refractivity (Wildman–Crippen MR) is 61.5 cm³/mol. The van der Waals surface area contributed by atoms with E-state index in [1.807, 2.05) is 19.1 Å². The maximum atomic E-state index is 13.4. The van der Waals surface area contributed by atoms with Gasteiger partial charge in [0.1, 0.15) is 12.3 Å². The zero-order chi connectivity index (χ0) is 9.84. The standard InChI is InChI=1S/C11H18F2.CH4.H2O/c1-3-4-5-9-7-6-8(2)10(12)11(9)13;;/h3-4,8-11H,5-7H2,1-2H3;1H4;1H2/b4-3+;;. The van der Waals surface area contributed by atoms with E-state index in [1.165, 1.54) is 0 Å². The van der Waals surface area contributed by atoms with Crippen LogP contribution in [0.1, 0.15) is 40.5 Å². The summed E-state index contributed by atoms with van der Waals surface area (Å²) in [4.78, 5) is 0. The van der Waals surface area contributed by atoms with E-state index >= 15 is 0 Å². The van der Waals surface area contributed by atoms with Crippen molar-refractivity contribution in [1.82, 2.24) is 0 Å². The lowest BCUT2D eigenvalue weighted by molar-refractivity contribution is 0.0307. The quantitative estimate of drug-likeness (QED) is 0.641. The molecule has 92 valence electrons. The van der Waals surface area contributed by atoms with Gasteiger partial charge in [0, 0.05) is 0 Å². The van der Waals surface area contributed by atoms with Gasteiger partial charge in [-0.15, -0.1) is 0 Å². The van der Waals surface area contributed by atoms with Crippen LogP contribution >= 0.6 is 0 Å². The molecule has 1 nitrogen and oxygen atoms in total. The second kappa shape index (κ2) is 7.80. The van der Waals surface area contributed by atoms with Crippen LogP contribution in [0, 0.1) is 11.8 Å². The third-order valence-corrected chi connectivity index (χ3v) is 2.97. The van der Waals surface area contributed by atoms with Gasteiger partial charge in [-0.1, -0.05) is 26.5 Å². The first-order valence-corrected chi connectivity index (χ1v) is 5.06. The Morgan fingerprint density at radius 3 is 2.33 bits per heavy atom. The molecule has 0 spiro atoms. The molecule has 3 heteroatoms. The minimum Gasteiger partial charge on any atom is -0.412 e. The number of allylic oxidation sites excluding steroid dienone is 2. The van der Waals surface area contributed by atoms with E-state index in [2.05, 4.69) is 0 Å². The number of alkyl halides is 2. The SMILES string of the molecule is C.C/C=C/CC1CCC(C)C(F)C1F.O. The maximum absolute atomic E-state index is 13.4. The summed E-state index contributed by atoms with van der Waals surface area (Å²) in [7, 11) is 0. The van der Waals surface area contributed by atoms with E-state index in [0.29, 0.717) is 6.42 Å². The number of hydrogen-bond donors (Lipinski definition) is 0. The van der Waals surface area contributed by atoms with Crippen LogP contribution in [0.2, 0.25) is 0 Å². The minimum absolute atomic E-state index is 0. The van der Waals surface area contributed by atoms with Gasteiger partial charge < -0.3 is 5.48 Å². The molecule has 4 unspecified atom stereocenters. The summed E-state index contributed by atoms with van der Waals surface area (Å²) in [5, 5.41) is 0. The van der Waals surface area contributed by atoms with Crippen molar-refractivity contribution in [2.45, 2.75) is 52.9 Å². The van der Waals surface area contributed by atoms with Gasteiger partial charge in [0.15, 0.2) is 0 Å². The molecule has 2 N–H and O–H groups in total. The Kier molecular flexibility index (Phi) is 8.83. The van der Waals surface area contributed by atoms with Gasteiger partial charge in [-0.2, -0.15) is 0 Å². The molecule has 0 aromatic carbocycles. The zero-order valence-electron chi connectivity index (χ0n) is 8.84. The van der Waals surface area contributed by atoms with Crippen LogP contribution in [0.3, 0.4) is 0 Å². The smallest absolute Gasteiger partial charge is 0.134 e. The van der Waals surface area contributed by atoms with E-state index < -0.39 is 12.3 Å². The lowest BCUT2D eigenvalue weighted by Crippen LogP contribution is -2.36. The van der Waals surface area contributed by atoms with Gasteiger partial charge in [-0.25, -0.2) is 8.78 Å². The van der Waals surface area contributed by atoms with Gasteiger partial charge in [-0.3, -0.25) is 0 Å². The Labute approximate surface area is 91.9 Å². The lowest BCUT2D eigenvalue weighted by Gasteiger charge is -2.32. The topological polar surface area (TPSA) is 31.5 Å². The fourth-order valence-corrected chi connectivity index (χ4v) is 1.93. The first-order valence-electron chi connectivity index (χ1n) is 5.06. The number of hydrogen-bond acceptors (Lipinski definition) is 0. The summed E-state index contributed by atoms with van der Waals surface area (Å²) in [6, 6.07) is 0. The van der Waals surface area contributed by atoms with Crippen LogP contribution in [-0.4, -0.2) is 17.8 Å². The molecule has 1 saturated carbocycles. The van der Waals surface area contributed by atoms with E-state index in [0.717, 1.165) is 12.8 Å². The Morgan fingerprint density at radius 2 is 1.80 bits per heavy atom. The first-order chi connectivity index (χ1) is 6.16. The van der Waals surface area contributed by atoms with Crippen molar-refractivity contribution in [1.29, 1.82) is 0 Å². The van der Waals surface area contributed by atoms with Crippen molar-refractivity contribution >= 4 is 0 Å². The van der Waals surface area contributed by atoms with Crippen LogP contribution in [-0.2, 0) is 0 Å². The fraction of sp³-hybridized carbons (Fsp3) is 0.833. The summed E-state index contributed by atoms with van der Waals surface area (Å²) in [5.74, 6) is -0.195. The number of rotatable bonds is 2. The van der Waals surface area contributed by atoms with E-state index in [1.54, 1.807) is 6.92 Å². The van der Waals surface area contributed by atoms with E-state index in [-0.39, 0.29) is 24.7 Å². The summed E-state index contributed by atoms with van der Waals surface area (Å²) >= 11 is 0. The zero-order valence-corrected chi connectivity index (χ0v) is 8.84. The first kappa shape index (κ1) is 17.0. The van der Waals surface area contributed by atoms with Gasteiger partial charge in [-0.05, 0) is 38.0 Å². The van der Waals surface area contributed by atoms with Gasteiger partial charge in [0.05, 0.1) is 0 Å². The second-order valence-electron chi connectivity index (χ2n) is 4.01. The van der Waals surface area contributed by atoms with E-state index in [4.69, 9.17) is 0 Å². The molecule has 15 heavy (non-hydrogen) atoms. The van der Waals surface area contributed by atoms with Crippen molar-refractivity contribution in [2.75, 3.05) is 0 Å². The normalized spacial score (nSPS) is 35.7. The van der Waals surface area contributed by atoms with Crippen LogP contribution in [0.15, 0.2) is 12.2 Å². The molecular formula is C12H24F2O. The maximum Gasteiger partial charge on any atom is 0.134 e. The lowest BCUT2D eigenvalue weighted by atomic mass is 9.78. The monoisotopic (exact) mass is 222 g/mol. The van der Waals surface area contributed by atoms with Crippen molar-refractivity contribution in [3.63, 3.8) is 0 Å². The highest BCUT2D eigenvalue weighted by atomic mass is 19.2. The fourth-order valence-electron chi connectivity index (χ4n) is 1.93. The third kappa shape index (κ3) is 4.29. The van der Waals surface area contributed by atoms with Gasteiger partial charge >= 0.3 is 0 Å². The minimum atomic E-state index is -1.25. The van der Waals surface area contributed by atoms with Gasteiger partial charge in [0.25, 0.3) is 0 Å². The van der Waals surface area contributed by atoms with Crippen LogP contribution < -0.4 is 0 Å². The molecule has 0 heterocycles. The van der Waals surface area contributed by atoms with Gasteiger partial charge in [0.2, 0.25) is 0 Å². The Morgan fingerprint density at radius 1 is 1.20 bits per heavy atom. The molecular weight excluding hydrogens is 198 g/mol. The van der Waals surface area contributed by atoms with Crippen molar-refractivity contribution < 1.29 is 14.3 Å². The molecule has 0 bridgehead atoms. The highest BCUT2D eigenvalue weighted by Gasteiger charge is 2.37. The highest BCUT2D eigenvalue weighted by Crippen LogP contribution is 2.35. The predicted octanol–water partition coefficient (Wildman–Crippen LogP) is 3.49. The molecule has 0 amide bonds. The molecule has 0 aromatic heterocycles. The van der Waals surface area contributed by atoms with E-state index in [9.17, 15) is 8.78 Å². The molecule has 0 radical (unpaired) electrons. The van der Waals surface area contributed by atoms with Crippen LogP contribution in [0.25, 0.3) is 0 Å². The summed E-state index contributed by atoms with van der Waals surface area (Å²) < 4.78 is 26.7. The highest BCUT2D eigenvalue weighted by molar-refractivity contribution is 4.91. The van der Waals surface area contributed by atoms with Crippen LogP contribution in [0.4, 0.5) is 8.78 Å². The summed E-state index contributed by atoms with van der Waals surface area (Å²) in [6.45, 7) is 3.70. The Balaban J connectivity index is 0.